The lowest BCUT2D eigenvalue weighted by Gasteiger charge is -2.29. The van der Waals surface area contributed by atoms with Crippen molar-refractivity contribution in [2.24, 2.45) is 7.05 Å². The smallest absolute Gasteiger partial charge is 0.0751 e. The van der Waals surface area contributed by atoms with Crippen molar-refractivity contribution in [3.05, 3.63) is 18.0 Å². The van der Waals surface area contributed by atoms with Crippen molar-refractivity contribution >= 4 is 0 Å². The van der Waals surface area contributed by atoms with Crippen LogP contribution in [0.25, 0.3) is 0 Å². The number of hydrogen-bond donors (Lipinski definition) is 1. The molecule has 0 unspecified atom stereocenters. The molecule has 0 aliphatic heterocycles. The molecule has 0 amide bonds. The van der Waals surface area contributed by atoms with Gasteiger partial charge in [-0.1, -0.05) is 6.92 Å². The lowest BCUT2D eigenvalue weighted by atomic mass is 9.93. The number of rotatable bonds is 6. The molecule has 18 heavy (non-hydrogen) atoms. The molecule has 1 fully saturated rings. The number of aryl methyl sites for hydroxylation is 1. The van der Waals surface area contributed by atoms with Gasteiger partial charge in [-0.2, -0.15) is 5.10 Å². The molecule has 1 aliphatic rings. The van der Waals surface area contributed by atoms with Crippen LogP contribution in [0.4, 0.5) is 0 Å². The third-order valence-electron chi connectivity index (χ3n) is 3.60. The number of nitrogens with one attached hydrogen (secondary N) is 1. The van der Waals surface area contributed by atoms with Gasteiger partial charge < -0.3 is 10.1 Å². The van der Waals surface area contributed by atoms with Gasteiger partial charge in [-0.3, -0.25) is 4.68 Å². The number of hydrogen-bond acceptors (Lipinski definition) is 3. The summed E-state index contributed by atoms with van der Waals surface area (Å²) >= 11 is 0. The van der Waals surface area contributed by atoms with Gasteiger partial charge in [-0.15, -0.1) is 0 Å². The van der Waals surface area contributed by atoms with E-state index in [0.717, 1.165) is 6.54 Å². The van der Waals surface area contributed by atoms with Crippen molar-refractivity contribution in [3.8, 4) is 0 Å². The van der Waals surface area contributed by atoms with E-state index in [1.807, 2.05) is 24.1 Å². The van der Waals surface area contributed by atoms with Crippen LogP contribution in [0.2, 0.25) is 0 Å². The topological polar surface area (TPSA) is 39.1 Å². The molecule has 0 atom stereocenters. The van der Waals surface area contributed by atoms with Crippen molar-refractivity contribution in [1.29, 1.82) is 0 Å². The van der Waals surface area contributed by atoms with Gasteiger partial charge >= 0.3 is 0 Å². The van der Waals surface area contributed by atoms with Crippen LogP contribution < -0.4 is 5.32 Å². The Labute approximate surface area is 110 Å². The van der Waals surface area contributed by atoms with Gasteiger partial charge in [0.1, 0.15) is 0 Å². The van der Waals surface area contributed by atoms with E-state index in [-0.39, 0.29) is 0 Å². The minimum atomic E-state index is 0.435. The number of aromatic nitrogens is 2. The second-order valence-corrected chi connectivity index (χ2v) is 5.26. The van der Waals surface area contributed by atoms with E-state index in [1.54, 1.807) is 0 Å². The summed E-state index contributed by atoms with van der Waals surface area (Å²) in [6, 6.07) is 0.711. The Morgan fingerprint density at radius 3 is 2.78 bits per heavy atom. The van der Waals surface area contributed by atoms with Crippen LogP contribution >= 0.6 is 0 Å². The summed E-state index contributed by atoms with van der Waals surface area (Å²) in [4.78, 5) is 0. The average molecular weight is 251 g/mol. The van der Waals surface area contributed by atoms with E-state index in [9.17, 15) is 0 Å². The summed E-state index contributed by atoms with van der Waals surface area (Å²) in [6.07, 6.45) is 10.4. The lowest BCUT2D eigenvalue weighted by molar-refractivity contribution is 0.0113. The molecule has 1 heterocycles. The molecule has 0 radical (unpaired) electrons. The van der Waals surface area contributed by atoms with Crippen molar-refractivity contribution in [2.75, 3.05) is 6.54 Å². The normalized spacial score (nSPS) is 24.3. The second-order valence-electron chi connectivity index (χ2n) is 5.26. The summed E-state index contributed by atoms with van der Waals surface area (Å²) in [7, 11) is 1.94. The van der Waals surface area contributed by atoms with Crippen LogP contribution in [0.1, 0.15) is 44.6 Å². The van der Waals surface area contributed by atoms with Gasteiger partial charge in [0, 0.05) is 24.8 Å². The highest BCUT2D eigenvalue weighted by Crippen LogP contribution is 2.22. The first kappa shape index (κ1) is 13.6. The molecule has 1 N–H and O–H groups in total. The maximum absolute atomic E-state index is 5.95. The highest BCUT2D eigenvalue weighted by Gasteiger charge is 2.20. The standard InChI is InChI=1S/C14H25N3O/c1-3-8-15-13-4-6-14(7-5-13)18-11-12-9-16-17(2)10-12/h9-10,13-15H,3-8,11H2,1-2H3. The van der Waals surface area contributed by atoms with E-state index < -0.39 is 0 Å². The summed E-state index contributed by atoms with van der Waals surface area (Å²) < 4.78 is 7.78. The molecule has 4 nitrogen and oxygen atoms in total. The molecule has 2 rings (SSSR count). The average Bonchev–Trinajstić information content (AvgIpc) is 2.81. The van der Waals surface area contributed by atoms with E-state index >= 15 is 0 Å². The van der Waals surface area contributed by atoms with Gasteiger partial charge in [0.05, 0.1) is 18.9 Å². The molecular formula is C14H25N3O. The minimum absolute atomic E-state index is 0.435. The molecule has 0 bridgehead atoms. The maximum Gasteiger partial charge on any atom is 0.0751 e. The predicted octanol–water partition coefficient (Wildman–Crippen LogP) is 2.25. The zero-order valence-corrected chi connectivity index (χ0v) is 11.6. The number of ether oxygens (including phenoxy) is 1. The zero-order valence-electron chi connectivity index (χ0n) is 11.6. The molecular weight excluding hydrogens is 226 g/mol. The van der Waals surface area contributed by atoms with Gasteiger partial charge in [-0.05, 0) is 38.6 Å². The Morgan fingerprint density at radius 2 is 2.17 bits per heavy atom. The first-order valence-corrected chi connectivity index (χ1v) is 7.10. The molecule has 1 saturated carbocycles. The molecule has 4 heteroatoms. The highest BCUT2D eigenvalue weighted by atomic mass is 16.5. The monoisotopic (exact) mass is 251 g/mol. The van der Waals surface area contributed by atoms with Crippen LogP contribution in [0.15, 0.2) is 12.4 Å². The maximum atomic E-state index is 5.95. The molecule has 102 valence electrons. The molecule has 1 aromatic rings. The van der Waals surface area contributed by atoms with Crippen LogP contribution in [0.3, 0.4) is 0 Å². The van der Waals surface area contributed by atoms with Crippen LogP contribution in [0.5, 0.6) is 0 Å². The zero-order chi connectivity index (χ0) is 12.8. The van der Waals surface area contributed by atoms with Crippen molar-refractivity contribution in [3.63, 3.8) is 0 Å². The summed E-state index contributed by atoms with van der Waals surface area (Å²) in [5, 5.41) is 7.75. The Bertz CT molecular complexity index is 343. The van der Waals surface area contributed by atoms with Crippen molar-refractivity contribution in [1.82, 2.24) is 15.1 Å². The third kappa shape index (κ3) is 4.10. The van der Waals surface area contributed by atoms with Gasteiger partial charge in [0.2, 0.25) is 0 Å². The van der Waals surface area contributed by atoms with E-state index in [4.69, 9.17) is 4.74 Å². The summed E-state index contributed by atoms with van der Waals surface area (Å²) in [5.41, 5.74) is 1.17. The van der Waals surface area contributed by atoms with E-state index in [1.165, 1.54) is 37.7 Å². The third-order valence-corrected chi connectivity index (χ3v) is 3.60. The van der Waals surface area contributed by atoms with Gasteiger partial charge in [0.15, 0.2) is 0 Å². The Balaban J connectivity index is 1.64. The molecule has 1 aromatic heterocycles. The van der Waals surface area contributed by atoms with E-state index in [2.05, 4.69) is 17.3 Å². The van der Waals surface area contributed by atoms with Gasteiger partial charge in [0.25, 0.3) is 0 Å². The fraction of sp³-hybridized carbons (Fsp3) is 0.786. The van der Waals surface area contributed by atoms with Crippen molar-refractivity contribution < 1.29 is 4.74 Å². The van der Waals surface area contributed by atoms with Gasteiger partial charge in [-0.25, -0.2) is 0 Å². The lowest BCUT2D eigenvalue weighted by Crippen LogP contribution is -2.35. The van der Waals surface area contributed by atoms with E-state index in [0.29, 0.717) is 18.8 Å². The van der Waals surface area contributed by atoms with Crippen LogP contribution in [-0.2, 0) is 18.4 Å². The second kappa shape index (κ2) is 6.90. The van der Waals surface area contributed by atoms with Crippen LogP contribution in [0, 0.1) is 0 Å². The Kier molecular flexibility index (Phi) is 5.20. The predicted molar refractivity (Wildman–Crippen MR) is 72.3 cm³/mol. The fourth-order valence-corrected chi connectivity index (χ4v) is 2.54. The molecule has 0 aromatic carbocycles. The SMILES string of the molecule is CCCNC1CCC(OCc2cnn(C)c2)CC1. The minimum Gasteiger partial charge on any atom is -0.373 e. The van der Waals surface area contributed by atoms with Crippen LogP contribution in [-0.4, -0.2) is 28.5 Å². The summed E-state index contributed by atoms with van der Waals surface area (Å²) in [5.74, 6) is 0. The number of nitrogens with zero attached hydrogens (tertiary/aromatic N) is 2. The first-order valence-electron chi connectivity index (χ1n) is 7.10. The first-order chi connectivity index (χ1) is 8.78. The largest absolute Gasteiger partial charge is 0.373 e. The molecule has 0 saturated heterocycles. The molecule has 0 spiro atoms. The summed E-state index contributed by atoms with van der Waals surface area (Å²) in [6.45, 7) is 4.06. The Morgan fingerprint density at radius 1 is 1.39 bits per heavy atom. The quantitative estimate of drug-likeness (QED) is 0.843. The van der Waals surface area contributed by atoms with Crippen molar-refractivity contribution in [2.45, 2.75) is 57.8 Å². The Hall–Kier alpha value is -0.870. The highest BCUT2D eigenvalue weighted by molar-refractivity contribution is 5.01. The molecule has 1 aliphatic carbocycles. The fourth-order valence-electron chi connectivity index (χ4n) is 2.54.